The number of rotatable bonds is 4. The minimum absolute atomic E-state index is 0.0766. The van der Waals surface area contributed by atoms with Crippen molar-refractivity contribution in [3.63, 3.8) is 0 Å². The van der Waals surface area contributed by atoms with Crippen molar-refractivity contribution in [2.75, 3.05) is 0 Å². The van der Waals surface area contributed by atoms with Crippen LogP contribution in [0.15, 0.2) is 0 Å². The van der Waals surface area contributed by atoms with E-state index in [9.17, 15) is 14.7 Å². The zero-order valence-corrected chi connectivity index (χ0v) is 17.8. The number of carboxylic acids is 1. The summed E-state index contributed by atoms with van der Waals surface area (Å²) in [4.78, 5) is 23.1. The molecule has 28 heavy (non-hydrogen) atoms. The van der Waals surface area contributed by atoms with Crippen molar-refractivity contribution in [2.24, 2.45) is 46.3 Å². The SMILES string of the molecule is C[C@H](CCC(=O)O)[C@H]1CCC2C3CCC4CC(=O)CC[C@]4(C)C3CC(O)[C@@]21C. The van der Waals surface area contributed by atoms with E-state index in [-0.39, 0.29) is 23.4 Å². The number of aliphatic hydroxyl groups is 1. The Morgan fingerprint density at radius 3 is 2.64 bits per heavy atom. The summed E-state index contributed by atoms with van der Waals surface area (Å²) in [6.07, 6.45) is 8.69. The second-order valence-corrected chi connectivity index (χ2v) is 11.1. The number of fused-ring (bicyclic) bond motifs is 5. The third kappa shape index (κ3) is 2.97. The maximum absolute atomic E-state index is 12.1. The van der Waals surface area contributed by atoms with E-state index < -0.39 is 5.97 Å². The molecule has 0 saturated heterocycles. The number of carbonyl (C=O) groups excluding carboxylic acids is 1. The Kier molecular flexibility index (Phi) is 5.17. The first-order chi connectivity index (χ1) is 13.2. The van der Waals surface area contributed by atoms with Crippen molar-refractivity contribution in [1.29, 1.82) is 0 Å². The topological polar surface area (TPSA) is 74.6 Å². The Morgan fingerprint density at radius 1 is 1.18 bits per heavy atom. The molecule has 0 aliphatic heterocycles. The number of Topliss-reactive ketones (excluding diaryl/α,β-unsaturated/α-hetero) is 1. The van der Waals surface area contributed by atoms with Crippen molar-refractivity contribution >= 4 is 11.8 Å². The van der Waals surface area contributed by atoms with E-state index in [0.717, 1.165) is 32.1 Å². The van der Waals surface area contributed by atoms with Gasteiger partial charge in [-0.3, -0.25) is 9.59 Å². The molecule has 0 heterocycles. The highest BCUT2D eigenvalue weighted by molar-refractivity contribution is 5.79. The molecule has 0 radical (unpaired) electrons. The lowest BCUT2D eigenvalue weighted by Gasteiger charge is -2.62. The lowest BCUT2D eigenvalue weighted by atomic mass is 9.44. The Morgan fingerprint density at radius 2 is 1.93 bits per heavy atom. The molecule has 0 bridgehead atoms. The summed E-state index contributed by atoms with van der Waals surface area (Å²) in [6, 6.07) is 0. The van der Waals surface area contributed by atoms with Gasteiger partial charge in [0.25, 0.3) is 0 Å². The van der Waals surface area contributed by atoms with E-state index in [2.05, 4.69) is 20.8 Å². The molecule has 4 rings (SSSR count). The average Bonchev–Trinajstić information content (AvgIpc) is 3.00. The molecule has 4 aliphatic carbocycles. The maximum Gasteiger partial charge on any atom is 0.303 e. The highest BCUT2D eigenvalue weighted by atomic mass is 16.4. The Bertz CT molecular complexity index is 645. The average molecular weight is 391 g/mol. The minimum Gasteiger partial charge on any atom is -0.481 e. The van der Waals surface area contributed by atoms with Gasteiger partial charge < -0.3 is 10.2 Å². The molecule has 4 heteroatoms. The zero-order valence-electron chi connectivity index (χ0n) is 17.8. The summed E-state index contributed by atoms with van der Waals surface area (Å²) in [5.41, 5.74) is 0.138. The van der Waals surface area contributed by atoms with Crippen LogP contribution in [0.3, 0.4) is 0 Å². The van der Waals surface area contributed by atoms with Crippen molar-refractivity contribution < 1.29 is 19.8 Å². The van der Waals surface area contributed by atoms with Gasteiger partial charge in [0.2, 0.25) is 0 Å². The smallest absolute Gasteiger partial charge is 0.303 e. The van der Waals surface area contributed by atoms with Crippen LogP contribution >= 0.6 is 0 Å². The van der Waals surface area contributed by atoms with Gasteiger partial charge in [-0.25, -0.2) is 0 Å². The van der Waals surface area contributed by atoms with Crippen molar-refractivity contribution in [3.05, 3.63) is 0 Å². The molecule has 4 saturated carbocycles. The van der Waals surface area contributed by atoms with Crippen LogP contribution in [-0.4, -0.2) is 28.1 Å². The fourth-order valence-corrected chi connectivity index (χ4v) is 8.52. The van der Waals surface area contributed by atoms with Gasteiger partial charge in [0.05, 0.1) is 6.10 Å². The highest BCUT2D eigenvalue weighted by Gasteiger charge is 2.63. The second-order valence-electron chi connectivity index (χ2n) is 11.1. The Hall–Kier alpha value is -0.900. The first-order valence-corrected chi connectivity index (χ1v) is 11.6. The Labute approximate surface area is 169 Å². The molecule has 158 valence electrons. The predicted molar refractivity (Wildman–Crippen MR) is 108 cm³/mol. The number of aliphatic carboxylic acids is 1. The van der Waals surface area contributed by atoms with Crippen LogP contribution in [0.1, 0.15) is 85.0 Å². The van der Waals surface area contributed by atoms with Crippen LogP contribution in [0.5, 0.6) is 0 Å². The molecule has 0 aromatic heterocycles. The number of aliphatic hydroxyl groups excluding tert-OH is 1. The first kappa shape index (κ1) is 20.4. The molecule has 4 nitrogen and oxygen atoms in total. The molecular weight excluding hydrogens is 352 g/mol. The fourth-order valence-electron chi connectivity index (χ4n) is 8.52. The molecule has 0 aromatic carbocycles. The van der Waals surface area contributed by atoms with Gasteiger partial charge in [-0.05, 0) is 91.3 Å². The number of carboxylic acid groups (broad SMARTS) is 1. The molecule has 2 N–H and O–H groups in total. The van der Waals surface area contributed by atoms with E-state index in [1.807, 2.05) is 0 Å². The van der Waals surface area contributed by atoms with Gasteiger partial charge in [0.15, 0.2) is 0 Å². The van der Waals surface area contributed by atoms with Crippen LogP contribution in [0.2, 0.25) is 0 Å². The maximum atomic E-state index is 12.1. The normalized spacial score (nSPS) is 49.1. The van der Waals surface area contributed by atoms with E-state index >= 15 is 0 Å². The summed E-state index contributed by atoms with van der Waals surface area (Å²) in [5, 5.41) is 20.5. The number of hydrogen-bond acceptors (Lipinski definition) is 3. The Balaban J connectivity index is 1.57. The molecule has 5 unspecified atom stereocenters. The lowest BCUT2D eigenvalue weighted by Crippen LogP contribution is -2.58. The molecule has 0 aromatic rings. The number of ketones is 1. The van der Waals surface area contributed by atoms with Crippen LogP contribution in [0, 0.1) is 46.3 Å². The zero-order chi connectivity index (χ0) is 20.3. The monoisotopic (exact) mass is 390 g/mol. The summed E-state index contributed by atoms with van der Waals surface area (Å²) in [6.45, 7) is 6.93. The van der Waals surface area contributed by atoms with Gasteiger partial charge in [-0.1, -0.05) is 20.8 Å². The van der Waals surface area contributed by atoms with Gasteiger partial charge in [0.1, 0.15) is 5.78 Å². The molecule has 0 spiro atoms. The van der Waals surface area contributed by atoms with Crippen molar-refractivity contribution in [1.82, 2.24) is 0 Å². The van der Waals surface area contributed by atoms with Crippen LogP contribution in [-0.2, 0) is 9.59 Å². The van der Waals surface area contributed by atoms with E-state index in [0.29, 0.717) is 47.7 Å². The summed E-state index contributed by atoms with van der Waals surface area (Å²) < 4.78 is 0. The summed E-state index contributed by atoms with van der Waals surface area (Å²) in [5.74, 6) is 2.76. The third-order valence-electron chi connectivity index (χ3n) is 10.2. The summed E-state index contributed by atoms with van der Waals surface area (Å²) >= 11 is 0. The van der Waals surface area contributed by atoms with Gasteiger partial charge in [-0.2, -0.15) is 0 Å². The minimum atomic E-state index is -0.714. The first-order valence-electron chi connectivity index (χ1n) is 11.6. The molecule has 4 aliphatic rings. The number of carbonyl (C=O) groups is 2. The largest absolute Gasteiger partial charge is 0.481 e. The highest BCUT2D eigenvalue weighted by Crippen LogP contribution is 2.68. The van der Waals surface area contributed by atoms with E-state index in [1.54, 1.807) is 0 Å². The van der Waals surface area contributed by atoms with E-state index in [1.165, 1.54) is 19.3 Å². The quantitative estimate of drug-likeness (QED) is 0.730. The molecule has 4 fully saturated rings. The second kappa shape index (κ2) is 7.11. The predicted octanol–water partition coefficient (Wildman–Crippen LogP) is 4.69. The number of hydrogen-bond donors (Lipinski definition) is 2. The van der Waals surface area contributed by atoms with Crippen LogP contribution < -0.4 is 0 Å². The van der Waals surface area contributed by atoms with Crippen molar-refractivity contribution in [2.45, 2.75) is 91.1 Å². The lowest BCUT2D eigenvalue weighted by molar-refractivity contribution is -0.171. The fraction of sp³-hybridized carbons (Fsp3) is 0.917. The van der Waals surface area contributed by atoms with Gasteiger partial charge in [0, 0.05) is 19.3 Å². The molecule has 0 amide bonds. The molecular formula is C24H38O4. The summed E-state index contributed by atoms with van der Waals surface area (Å²) in [7, 11) is 0. The van der Waals surface area contributed by atoms with E-state index in [4.69, 9.17) is 5.11 Å². The van der Waals surface area contributed by atoms with Crippen LogP contribution in [0.25, 0.3) is 0 Å². The third-order valence-corrected chi connectivity index (χ3v) is 10.2. The standard InChI is InChI=1S/C24H38O4/c1-14(4-9-22(27)28)18-7-8-19-17-6-5-15-12-16(25)10-11-23(15,2)20(17)13-21(26)24(18,19)3/h14-15,17-21,26H,4-13H2,1-3H3,(H,27,28)/t14-,15?,17?,18-,19?,20?,21?,23+,24-/m1/s1. The molecule has 9 atom stereocenters. The van der Waals surface area contributed by atoms with Gasteiger partial charge >= 0.3 is 5.97 Å². The van der Waals surface area contributed by atoms with Crippen molar-refractivity contribution in [3.8, 4) is 0 Å². The van der Waals surface area contributed by atoms with Crippen LogP contribution in [0.4, 0.5) is 0 Å². The van der Waals surface area contributed by atoms with Gasteiger partial charge in [-0.15, -0.1) is 0 Å².